The van der Waals surface area contributed by atoms with E-state index in [1.165, 1.54) is 44.2 Å². The van der Waals surface area contributed by atoms with Gasteiger partial charge in [0.25, 0.3) is 0 Å². The van der Waals surface area contributed by atoms with Gasteiger partial charge in [-0.1, -0.05) is 30.2 Å². The molecule has 1 N–H and O–H groups in total. The second-order valence-electron chi connectivity index (χ2n) is 6.87. The molecule has 1 heterocycles. The van der Waals surface area contributed by atoms with Gasteiger partial charge in [-0.2, -0.15) is 0 Å². The first kappa shape index (κ1) is 12.2. The van der Waals surface area contributed by atoms with Crippen LogP contribution in [0.5, 0.6) is 0 Å². The van der Waals surface area contributed by atoms with E-state index in [1.54, 1.807) is 0 Å². The molecule has 0 radical (unpaired) electrons. The fraction of sp³-hybridized carbons (Fsp3) is 0.647. The third-order valence-corrected chi connectivity index (χ3v) is 6.36. The number of piperidine rings is 1. The molecule has 1 saturated heterocycles. The summed E-state index contributed by atoms with van der Waals surface area (Å²) in [7, 11) is 0. The molecule has 3 aliphatic rings. The lowest BCUT2D eigenvalue weighted by atomic mass is 9.60. The molecule has 2 aliphatic carbocycles. The summed E-state index contributed by atoms with van der Waals surface area (Å²) in [5, 5.41) is 4.48. The van der Waals surface area contributed by atoms with Crippen LogP contribution in [0.1, 0.15) is 43.6 Å². The molecule has 19 heavy (non-hydrogen) atoms. The smallest absolute Gasteiger partial charge is 0.0406 e. The quantitative estimate of drug-likeness (QED) is 0.809. The summed E-state index contributed by atoms with van der Waals surface area (Å²) >= 11 is 6.05. The summed E-state index contributed by atoms with van der Waals surface area (Å²) in [6, 6.07) is 8.64. The van der Waals surface area contributed by atoms with E-state index in [9.17, 15) is 0 Å². The number of rotatable bonds is 1. The molecule has 0 aromatic heterocycles. The van der Waals surface area contributed by atoms with E-state index in [0.717, 1.165) is 23.4 Å². The lowest BCUT2D eigenvalue weighted by Gasteiger charge is -2.48. The predicted molar refractivity (Wildman–Crippen MR) is 79.6 cm³/mol. The molecule has 1 aromatic carbocycles. The van der Waals surface area contributed by atoms with Gasteiger partial charge >= 0.3 is 0 Å². The number of fused-ring (bicyclic) bond motifs is 3. The molecule has 1 aromatic rings. The third kappa shape index (κ3) is 1.86. The molecule has 3 fully saturated rings. The van der Waals surface area contributed by atoms with Crippen molar-refractivity contribution in [1.29, 1.82) is 0 Å². The fourth-order valence-corrected chi connectivity index (χ4v) is 5.44. The molecule has 2 saturated carbocycles. The van der Waals surface area contributed by atoms with Gasteiger partial charge in [0.1, 0.15) is 0 Å². The van der Waals surface area contributed by atoms with Crippen molar-refractivity contribution in [1.82, 2.24) is 5.32 Å². The second kappa shape index (κ2) is 4.49. The van der Waals surface area contributed by atoms with Gasteiger partial charge in [-0.15, -0.1) is 0 Å². The molecule has 102 valence electrons. The van der Waals surface area contributed by atoms with Crippen LogP contribution in [-0.4, -0.2) is 13.1 Å². The minimum absolute atomic E-state index is 0.599. The zero-order valence-electron chi connectivity index (χ0n) is 11.4. The Morgan fingerprint density at radius 1 is 1.16 bits per heavy atom. The van der Waals surface area contributed by atoms with Crippen molar-refractivity contribution >= 4 is 11.6 Å². The summed E-state index contributed by atoms with van der Waals surface area (Å²) in [4.78, 5) is 0. The first-order valence-corrected chi connectivity index (χ1v) is 8.12. The maximum Gasteiger partial charge on any atom is 0.0406 e. The van der Waals surface area contributed by atoms with Crippen molar-refractivity contribution in [2.24, 2.45) is 17.3 Å². The Labute approximate surface area is 120 Å². The predicted octanol–water partition coefficient (Wildman–Crippen LogP) is 4.22. The first-order chi connectivity index (χ1) is 9.28. The molecular weight excluding hydrogens is 254 g/mol. The van der Waals surface area contributed by atoms with Crippen molar-refractivity contribution in [3.05, 3.63) is 34.9 Å². The Balaban J connectivity index is 1.70. The van der Waals surface area contributed by atoms with Crippen molar-refractivity contribution in [3.63, 3.8) is 0 Å². The van der Waals surface area contributed by atoms with Crippen molar-refractivity contribution < 1.29 is 0 Å². The molecule has 0 amide bonds. The largest absolute Gasteiger partial charge is 0.316 e. The van der Waals surface area contributed by atoms with Gasteiger partial charge in [0.05, 0.1) is 0 Å². The van der Waals surface area contributed by atoms with Crippen molar-refractivity contribution in [3.8, 4) is 0 Å². The van der Waals surface area contributed by atoms with Crippen LogP contribution in [0.4, 0.5) is 0 Å². The van der Waals surface area contributed by atoms with Crippen molar-refractivity contribution in [2.45, 2.75) is 38.0 Å². The average Bonchev–Trinajstić information content (AvgIpc) is 3.01. The van der Waals surface area contributed by atoms with Crippen LogP contribution in [0, 0.1) is 17.3 Å². The lowest BCUT2D eigenvalue weighted by Crippen LogP contribution is -2.46. The third-order valence-electron chi connectivity index (χ3n) is 6.11. The van der Waals surface area contributed by atoms with E-state index in [0.29, 0.717) is 11.3 Å². The summed E-state index contributed by atoms with van der Waals surface area (Å²) in [6.45, 7) is 2.37. The normalized spacial score (nSPS) is 41.0. The number of hydrogen-bond acceptors (Lipinski definition) is 1. The SMILES string of the molecule is Clc1ccc(C2CNCCC23CC2CCC3C2)cc1. The van der Waals surface area contributed by atoms with Gasteiger partial charge in [-0.3, -0.25) is 0 Å². The van der Waals surface area contributed by atoms with Crippen LogP contribution in [-0.2, 0) is 0 Å². The Morgan fingerprint density at radius 2 is 2.00 bits per heavy atom. The number of halogens is 1. The minimum Gasteiger partial charge on any atom is -0.316 e. The molecule has 2 heteroatoms. The minimum atomic E-state index is 0.599. The maximum absolute atomic E-state index is 6.05. The van der Waals surface area contributed by atoms with E-state index in [1.807, 2.05) is 0 Å². The summed E-state index contributed by atoms with van der Waals surface area (Å²) < 4.78 is 0. The fourth-order valence-electron chi connectivity index (χ4n) is 5.31. The van der Waals surface area contributed by atoms with Gasteiger partial charge in [-0.05, 0) is 67.2 Å². The summed E-state index contributed by atoms with van der Waals surface area (Å²) in [6.07, 6.45) is 7.33. The molecule has 4 unspecified atom stereocenters. The zero-order chi connectivity index (χ0) is 12.9. The van der Waals surface area contributed by atoms with Gasteiger partial charge in [0.2, 0.25) is 0 Å². The van der Waals surface area contributed by atoms with E-state index >= 15 is 0 Å². The number of hydrogen-bond donors (Lipinski definition) is 1. The molecule has 4 rings (SSSR count). The van der Waals surface area contributed by atoms with E-state index in [4.69, 9.17) is 11.6 Å². The van der Waals surface area contributed by atoms with E-state index in [2.05, 4.69) is 29.6 Å². The first-order valence-electron chi connectivity index (χ1n) is 7.74. The lowest BCUT2D eigenvalue weighted by molar-refractivity contribution is 0.0820. The Bertz CT molecular complexity index is 469. The van der Waals surface area contributed by atoms with E-state index < -0.39 is 0 Å². The van der Waals surface area contributed by atoms with Gasteiger partial charge in [0.15, 0.2) is 0 Å². The highest BCUT2D eigenvalue weighted by molar-refractivity contribution is 6.30. The van der Waals surface area contributed by atoms with Crippen LogP contribution in [0.2, 0.25) is 5.02 Å². The highest BCUT2D eigenvalue weighted by atomic mass is 35.5. The molecule has 1 nitrogen and oxygen atoms in total. The van der Waals surface area contributed by atoms with Gasteiger partial charge in [0, 0.05) is 17.5 Å². The Hall–Kier alpha value is -0.530. The monoisotopic (exact) mass is 275 g/mol. The van der Waals surface area contributed by atoms with E-state index in [-0.39, 0.29) is 0 Å². The molecule has 1 aliphatic heterocycles. The topological polar surface area (TPSA) is 12.0 Å². The number of nitrogens with one attached hydrogen (secondary N) is 1. The average molecular weight is 276 g/mol. The van der Waals surface area contributed by atoms with Crippen molar-refractivity contribution in [2.75, 3.05) is 13.1 Å². The van der Waals surface area contributed by atoms with Gasteiger partial charge < -0.3 is 5.32 Å². The molecule has 2 bridgehead atoms. The number of benzene rings is 1. The van der Waals surface area contributed by atoms with Crippen LogP contribution in [0.3, 0.4) is 0 Å². The zero-order valence-corrected chi connectivity index (χ0v) is 12.1. The molecule has 1 spiro atoms. The highest BCUT2D eigenvalue weighted by Crippen LogP contribution is 2.63. The Morgan fingerprint density at radius 3 is 2.68 bits per heavy atom. The standard InChI is InChI=1S/C17H22ClN/c18-15-5-2-13(3-6-15)16-11-19-8-7-17(16)10-12-1-4-14(17)9-12/h2-3,5-6,12,14,16,19H,1,4,7-11H2. The maximum atomic E-state index is 6.05. The van der Waals surface area contributed by atoms with Crippen LogP contribution < -0.4 is 5.32 Å². The summed E-state index contributed by atoms with van der Waals surface area (Å²) in [5.74, 6) is 2.71. The van der Waals surface area contributed by atoms with Crippen LogP contribution >= 0.6 is 11.6 Å². The Kier molecular flexibility index (Phi) is 2.89. The van der Waals surface area contributed by atoms with Gasteiger partial charge in [-0.25, -0.2) is 0 Å². The second-order valence-corrected chi connectivity index (χ2v) is 7.31. The molecule has 4 atom stereocenters. The van der Waals surface area contributed by atoms with Crippen LogP contribution in [0.15, 0.2) is 24.3 Å². The van der Waals surface area contributed by atoms with Crippen LogP contribution in [0.25, 0.3) is 0 Å². The highest BCUT2D eigenvalue weighted by Gasteiger charge is 2.55. The molecular formula is C17H22ClN. The summed E-state index contributed by atoms with van der Waals surface area (Å²) in [5.41, 5.74) is 2.10.